The molecular formula is C15H29N3. The molecule has 3 nitrogen and oxygen atoms in total. The van der Waals surface area contributed by atoms with E-state index in [2.05, 4.69) is 30.1 Å². The number of hydrogen-bond donors (Lipinski definition) is 1. The SMILES string of the molecule is CC(C)N(CCC(C)(C)C#N)CC1CCCCN1. The lowest BCUT2D eigenvalue weighted by molar-refractivity contribution is 0.169. The van der Waals surface area contributed by atoms with Gasteiger partial charge in [0.05, 0.1) is 11.5 Å². The Morgan fingerprint density at radius 1 is 1.39 bits per heavy atom. The third-order valence-corrected chi connectivity index (χ3v) is 3.92. The van der Waals surface area contributed by atoms with Crippen LogP contribution in [0.4, 0.5) is 0 Å². The molecule has 1 atom stereocenters. The summed E-state index contributed by atoms with van der Waals surface area (Å²) in [5, 5.41) is 12.7. The van der Waals surface area contributed by atoms with Crippen molar-refractivity contribution in [3.8, 4) is 6.07 Å². The fourth-order valence-electron chi connectivity index (χ4n) is 2.40. The summed E-state index contributed by atoms with van der Waals surface area (Å²) in [4.78, 5) is 2.52. The molecular weight excluding hydrogens is 222 g/mol. The highest BCUT2D eigenvalue weighted by molar-refractivity contribution is 4.92. The highest BCUT2D eigenvalue weighted by Crippen LogP contribution is 2.20. The fraction of sp³-hybridized carbons (Fsp3) is 0.933. The maximum Gasteiger partial charge on any atom is 0.0684 e. The molecule has 0 aliphatic carbocycles. The molecule has 104 valence electrons. The van der Waals surface area contributed by atoms with E-state index in [0.29, 0.717) is 12.1 Å². The second kappa shape index (κ2) is 7.11. The highest BCUT2D eigenvalue weighted by atomic mass is 15.2. The number of nitriles is 1. The van der Waals surface area contributed by atoms with Gasteiger partial charge in [-0.3, -0.25) is 4.90 Å². The third kappa shape index (κ3) is 5.37. The van der Waals surface area contributed by atoms with Gasteiger partial charge in [0, 0.05) is 18.6 Å². The second-order valence-electron chi connectivity index (χ2n) is 6.48. The summed E-state index contributed by atoms with van der Waals surface area (Å²) in [5.41, 5.74) is -0.201. The Balaban J connectivity index is 2.42. The van der Waals surface area contributed by atoms with Gasteiger partial charge in [-0.15, -0.1) is 0 Å². The lowest BCUT2D eigenvalue weighted by Gasteiger charge is -2.34. The molecule has 1 aliphatic heterocycles. The van der Waals surface area contributed by atoms with Crippen LogP contribution in [0.2, 0.25) is 0 Å². The van der Waals surface area contributed by atoms with Crippen LogP contribution in [0.5, 0.6) is 0 Å². The van der Waals surface area contributed by atoms with Crippen LogP contribution in [0.3, 0.4) is 0 Å². The van der Waals surface area contributed by atoms with Crippen molar-refractivity contribution in [3.63, 3.8) is 0 Å². The van der Waals surface area contributed by atoms with Gasteiger partial charge in [-0.05, 0) is 60.0 Å². The molecule has 1 fully saturated rings. The summed E-state index contributed by atoms with van der Waals surface area (Å²) in [6.07, 6.45) is 4.92. The van der Waals surface area contributed by atoms with Crippen LogP contribution in [-0.2, 0) is 0 Å². The summed E-state index contributed by atoms with van der Waals surface area (Å²) in [7, 11) is 0. The summed E-state index contributed by atoms with van der Waals surface area (Å²) in [6, 6.07) is 3.60. The fourth-order valence-corrected chi connectivity index (χ4v) is 2.40. The van der Waals surface area contributed by atoms with E-state index in [1.165, 1.54) is 25.8 Å². The van der Waals surface area contributed by atoms with Gasteiger partial charge in [-0.1, -0.05) is 6.42 Å². The van der Waals surface area contributed by atoms with Gasteiger partial charge in [0.2, 0.25) is 0 Å². The van der Waals surface area contributed by atoms with Crippen molar-refractivity contribution in [2.24, 2.45) is 5.41 Å². The molecule has 3 heteroatoms. The summed E-state index contributed by atoms with van der Waals surface area (Å²) in [6.45, 7) is 11.9. The molecule has 1 saturated heterocycles. The first-order valence-corrected chi connectivity index (χ1v) is 7.33. The highest BCUT2D eigenvalue weighted by Gasteiger charge is 2.22. The first-order valence-electron chi connectivity index (χ1n) is 7.33. The van der Waals surface area contributed by atoms with E-state index in [1.54, 1.807) is 0 Å². The minimum absolute atomic E-state index is 0.201. The summed E-state index contributed by atoms with van der Waals surface area (Å²) < 4.78 is 0. The Morgan fingerprint density at radius 2 is 2.11 bits per heavy atom. The van der Waals surface area contributed by atoms with E-state index in [4.69, 9.17) is 5.26 Å². The molecule has 1 N–H and O–H groups in total. The Bertz CT molecular complexity index is 272. The topological polar surface area (TPSA) is 39.1 Å². The third-order valence-electron chi connectivity index (χ3n) is 3.92. The van der Waals surface area contributed by atoms with Gasteiger partial charge in [0.15, 0.2) is 0 Å². The molecule has 18 heavy (non-hydrogen) atoms. The molecule has 0 aromatic rings. The Labute approximate surface area is 113 Å². The quantitative estimate of drug-likeness (QED) is 0.789. The van der Waals surface area contributed by atoms with Crippen molar-refractivity contribution in [2.75, 3.05) is 19.6 Å². The molecule has 1 heterocycles. The van der Waals surface area contributed by atoms with Crippen molar-refractivity contribution < 1.29 is 0 Å². The van der Waals surface area contributed by atoms with Gasteiger partial charge in [-0.25, -0.2) is 0 Å². The smallest absolute Gasteiger partial charge is 0.0684 e. The first-order chi connectivity index (χ1) is 8.44. The van der Waals surface area contributed by atoms with Crippen LogP contribution in [0, 0.1) is 16.7 Å². The number of hydrogen-bond acceptors (Lipinski definition) is 3. The van der Waals surface area contributed by atoms with E-state index in [9.17, 15) is 0 Å². The Morgan fingerprint density at radius 3 is 2.61 bits per heavy atom. The minimum atomic E-state index is -0.201. The van der Waals surface area contributed by atoms with E-state index >= 15 is 0 Å². The maximum atomic E-state index is 9.09. The predicted octanol–water partition coefficient (Wildman–Crippen LogP) is 2.78. The van der Waals surface area contributed by atoms with E-state index in [0.717, 1.165) is 19.5 Å². The van der Waals surface area contributed by atoms with Gasteiger partial charge < -0.3 is 5.32 Å². The average Bonchev–Trinajstić information content (AvgIpc) is 2.35. The van der Waals surface area contributed by atoms with Crippen LogP contribution >= 0.6 is 0 Å². The zero-order valence-corrected chi connectivity index (χ0v) is 12.5. The van der Waals surface area contributed by atoms with Crippen molar-refractivity contribution in [1.82, 2.24) is 10.2 Å². The Hall–Kier alpha value is -0.590. The molecule has 0 radical (unpaired) electrons. The van der Waals surface area contributed by atoms with Crippen LogP contribution < -0.4 is 5.32 Å². The zero-order chi connectivity index (χ0) is 13.6. The standard InChI is InChI=1S/C15H29N3/c1-13(2)18(10-8-15(3,4)12-16)11-14-7-5-6-9-17-14/h13-14,17H,5-11H2,1-4H3. The zero-order valence-electron chi connectivity index (χ0n) is 12.5. The molecule has 1 rings (SSSR count). The molecule has 0 aromatic heterocycles. The molecule has 0 aromatic carbocycles. The van der Waals surface area contributed by atoms with Gasteiger partial charge >= 0.3 is 0 Å². The summed E-state index contributed by atoms with van der Waals surface area (Å²) in [5.74, 6) is 0. The van der Waals surface area contributed by atoms with Crippen LogP contribution in [0.15, 0.2) is 0 Å². The molecule has 0 bridgehead atoms. The lowest BCUT2D eigenvalue weighted by Crippen LogP contribution is -2.46. The van der Waals surface area contributed by atoms with E-state index in [-0.39, 0.29) is 5.41 Å². The van der Waals surface area contributed by atoms with Gasteiger partial charge in [0.1, 0.15) is 0 Å². The van der Waals surface area contributed by atoms with Crippen molar-refractivity contribution in [2.45, 2.75) is 65.5 Å². The maximum absolute atomic E-state index is 9.09. The van der Waals surface area contributed by atoms with Gasteiger partial charge in [-0.2, -0.15) is 5.26 Å². The summed E-state index contributed by atoms with van der Waals surface area (Å²) >= 11 is 0. The average molecular weight is 251 g/mol. The largest absolute Gasteiger partial charge is 0.313 e. The van der Waals surface area contributed by atoms with Crippen LogP contribution in [0.1, 0.15) is 53.4 Å². The normalized spacial score (nSPS) is 21.3. The van der Waals surface area contributed by atoms with Crippen molar-refractivity contribution >= 4 is 0 Å². The molecule has 1 unspecified atom stereocenters. The lowest BCUT2D eigenvalue weighted by atomic mass is 9.91. The van der Waals surface area contributed by atoms with Crippen molar-refractivity contribution in [1.29, 1.82) is 5.26 Å². The number of nitrogens with one attached hydrogen (secondary N) is 1. The van der Waals surface area contributed by atoms with Crippen LogP contribution in [-0.4, -0.2) is 36.6 Å². The van der Waals surface area contributed by atoms with E-state index < -0.39 is 0 Å². The monoisotopic (exact) mass is 251 g/mol. The van der Waals surface area contributed by atoms with Gasteiger partial charge in [0.25, 0.3) is 0 Å². The molecule has 0 spiro atoms. The number of rotatable bonds is 6. The number of nitrogens with zero attached hydrogens (tertiary/aromatic N) is 2. The molecule has 1 aliphatic rings. The minimum Gasteiger partial charge on any atom is -0.313 e. The number of piperidine rings is 1. The van der Waals surface area contributed by atoms with Crippen molar-refractivity contribution in [3.05, 3.63) is 0 Å². The second-order valence-corrected chi connectivity index (χ2v) is 6.48. The molecule has 0 amide bonds. The van der Waals surface area contributed by atoms with E-state index in [1.807, 2.05) is 13.8 Å². The first kappa shape index (κ1) is 15.5. The Kier molecular flexibility index (Phi) is 6.11. The predicted molar refractivity (Wildman–Crippen MR) is 76.4 cm³/mol. The van der Waals surface area contributed by atoms with Crippen LogP contribution in [0.25, 0.3) is 0 Å². The molecule has 0 saturated carbocycles.